The largest absolute Gasteiger partial charge is 0.354 e. The molecule has 0 unspecified atom stereocenters. The van der Waals surface area contributed by atoms with Gasteiger partial charge in [0.25, 0.3) is 0 Å². The quantitative estimate of drug-likeness (QED) is 0.751. The van der Waals surface area contributed by atoms with E-state index >= 15 is 0 Å². The second-order valence-corrected chi connectivity index (χ2v) is 4.45. The molecule has 0 spiro atoms. The molecule has 80 valence electrons. The van der Waals surface area contributed by atoms with Crippen molar-refractivity contribution in [3.05, 3.63) is 23.7 Å². The van der Waals surface area contributed by atoms with Crippen LogP contribution in [0.5, 0.6) is 0 Å². The van der Waals surface area contributed by atoms with E-state index in [1.165, 1.54) is 0 Å². The third-order valence-corrected chi connectivity index (χ3v) is 2.54. The third-order valence-electron chi connectivity index (χ3n) is 2.54. The predicted molar refractivity (Wildman–Crippen MR) is 60.0 cm³/mol. The minimum absolute atomic E-state index is 0.363. The zero-order valence-electron chi connectivity index (χ0n) is 9.61. The lowest BCUT2D eigenvalue weighted by molar-refractivity contribution is 0.437. The Morgan fingerprint density at radius 1 is 1.07 bits per heavy atom. The molecule has 0 radical (unpaired) electrons. The summed E-state index contributed by atoms with van der Waals surface area (Å²) >= 11 is 0. The monoisotopic (exact) mass is 204 g/mol. The Kier molecular flexibility index (Phi) is 2.47. The number of hydrogen-bond donors (Lipinski definition) is 0. The Morgan fingerprint density at radius 2 is 1.73 bits per heavy atom. The summed E-state index contributed by atoms with van der Waals surface area (Å²) in [4.78, 5) is 4.35. The molecule has 0 saturated heterocycles. The van der Waals surface area contributed by atoms with Crippen LogP contribution in [0.25, 0.3) is 11.0 Å². The van der Waals surface area contributed by atoms with Gasteiger partial charge in [-0.3, -0.25) is 4.98 Å². The van der Waals surface area contributed by atoms with Gasteiger partial charge in [0.15, 0.2) is 5.58 Å². The lowest BCUT2D eigenvalue weighted by Crippen LogP contribution is -1.93. The molecule has 3 nitrogen and oxygen atoms in total. The van der Waals surface area contributed by atoms with Crippen molar-refractivity contribution in [1.29, 1.82) is 0 Å². The highest BCUT2D eigenvalue weighted by molar-refractivity contribution is 5.81. The van der Waals surface area contributed by atoms with Crippen LogP contribution in [0, 0.1) is 0 Å². The molecular weight excluding hydrogens is 188 g/mol. The Labute approximate surface area is 89.5 Å². The number of rotatable bonds is 2. The van der Waals surface area contributed by atoms with E-state index in [9.17, 15) is 0 Å². The van der Waals surface area contributed by atoms with Gasteiger partial charge < -0.3 is 4.52 Å². The molecule has 0 amide bonds. The molecule has 0 saturated carbocycles. The molecule has 0 atom stereocenters. The standard InChI is InChI=1S/C12H16N2O/c1-7(2)10-9-5-6-13-11(8(3)4)12(9)15-14-10/h5-8H,1-4H3. The molecule has 0 aromatic carbocycles. The van der Waals surface area contributed by atoms with Gasteiger partial charge >= 0.3 is 0 Å². The second kappa shape index (κ2) is 3.65. The fourth-order valence-corrected chi connectivity index (χ4v) is 1.73. The SMILES string of the molecule is CC(C)c1noc2c(C(C)C)nccc12. The van der Waals surface area contributed by atoms with E-state index in [1.807, 2.05) is 12.3 Å². The maximum atomic E-state index is 5.39. The minimum Gasteiger partial charge on any atom is -0.354 e. The van der Waals surface area contributed by atoms with E-state index in [0.717, 1.165) is 22.4 Å². The lowest BCUT2D eigenvalue weighted by atomic mass is 10.0. The van der Waals surface area contributed by atoms with Crippen molar-refractivity contribution in [1.82, 2.24) is 10.1 Å². The first-order valence-electron chi connectivity index (χ1n) is 5.35. The van der Waals surface area contributed by atoms with Crippen molar-refractivity contribution in [3.63, 3.8) is 0 Å². The van der Waals surface area contributed by atoms with Gasteiger partial charge in [0.1, 0.15) is 0 Å². The Bertz CT molecular complexity index is 471. The molecule has 0 aliphatic carbocycles. The summed E-state index contributed by atoms with van der Waals surface area (Å²) in [5, 5.41) is 5.22. The van der Waals surface area contributed by atoms with Crippen molar-refractivity contribution in [2.24, 2.45) is 0 Å². The lowest BCUT2D eigenvalue weighted by Gasteiger charge is -2.03. The van der Waals surface area contributed by atoms with Crippen molar-refractivity contribution < 1.29 is 4.52 Å². The predicted octanol–water partition coefficient (Wildman–Crippen LogP) is 3.47. The van der Waals surface area contributed by atoms with Gasteiger partial charge in [-0.2, -0.15) is 0 Å². The average molecular weight is 204 g/mol. The Hall–Kier alpha value is -1.38. The minimum atomic E-state index is 0.363. The summed E-state index contributed by atoms with van der Waals surface area (Å²) in [6.07, 6.45) is 1.83. The van der Waals surface area contributed by atoms with Crippen LogP contribution in [0.1, 0.15) is 50.9 Å². The molecule has 2 aromatic heterocycles. The Balaban J connectivity index is 2.69. The zero-order valence-corrected chi connectivity index (χ0v) is 9.61. The number of nitrogens with zero attached hydrogens (tertiary/aromatic N) is 2. The van der Waals surface area contributed by atoms with Gasteiger partial charge in [0, 0.05) is 11.6 Å². The molecular formula is C12H16N2O. The van der Waals surface area contributed by atoms with Crippen LogP contribution in [-0.4, -0.2) is 10.1 Å². The number of hydrogen-bond acceptors (Lipinski definition) is 3. The van der Waals surface area contributed by atoms with Gasteiger partial charge in [0.05, 0.1) is 11.4 Å². The van der Waals surface area contributed by atoms with Crippen molar-refractivity contribution in [3.8, 4) is 0 Å². The molecule has 0 aliphatic rings. The maximum absolute atomic E-state index is 5.39. The van der Waals surface area contributed by atoms with Crippen molar-refractivity contribution in [2.45, 2.75) is 39.5 Å². The van der Waals surface area contributed by atoms with Gasteiger partial charge in [-0.05, 0) is 17.9 Å². The third kappa shape index (κ3) is 1.62. The molecule has 2 rings (SSSR count). The fourth-order valence-electron chi connectivity index (χ4n) is 1.73. The second-order valence-electron chi connectivity index (χ2n) is 4.45. The molecule has 0 N–H and O–H groups in total. The number of fused-ring (bicyclic) bond motifs is 1. The first kappa shape index (κ1) is 10.1. The first-order valence-corrected chi connectivity index (χ1v) is 5.35. The van der Waals surface area contributed by atoms with Gasteiger partial charge in [-0.1, -0.05) is 32.9 Å². The normalized spacial score (nSPS) is 11.9. The van der Waals surface area contributed by atoms with Crippen LogP contribution < -0.4 is 0 Å². The van der Waals surface area contributed by atoms with Crippen molar-refractivity contribution >= 4 is 11.0 Å². The summed E-state index contributed by atoms with van der Waals surface area (Å²) < 4.78 is 5.39. The summed E-state index contributed by atoms with van der Waals surface area (Å²) in [7, 11) is 0. The van der Waals surface area contributed by atoms with Crippen LogP contribution in [0.3, 0.4) is 0 Å². The maximum Gasteiger partial charge on any atom is 0.188 e. The summed E-state index contributed by atoms with van der Waals surface area (Å²) in [6, 6.07) is 1.98. The summed E-state index contributed by atoms with van der Waals surface area (Å²) in [6.45, 7) is 8.46. The molecule has 3 heteroatoms. The van der Waals surface area contributed by atoms with E-state index < -0.39 is 0 Å². The Morgan fingerprint density at radius 3 is 2.33 bits per heavy atom. The van der Waals surface area contributed by atoms with E-state index in [0.29, 0.717) is 11.8 Å². The molecule has 2 aromatic rings. The molecule has 0 bridgehead atoms. The van der Waals surface area contributed by atoms with E-state index in [2.05, 4.69) is 37.8 Å². The van der Waals surface area contributed by atoms with E-state index in [-0.39, 0.29) is 0 Å². The first-order chi connectivity index (χ1) is 7.11. The highest BCUT2D eigenvalue weighted by Gasteiger charge is 2.16. The van der Waals surface area contributed by atoms with Crippen LogP contribution in [0.2, 0.25) is 0 Å². The molecule has 0 fully saturated rings. The zero-order chi connectivity index (χ0) is 11.0. The van der Waals surface area contributed by atoms with Crippen LogP contribution in [0.4, 0.5) is 0 Å². The molecule has 2 heterocycles. The fraction of sp³-hybridized carbons (Fsp3) is 0.500. The van der Waals surface area contributed by atoms with Crippen molar-refractivity contribution in [2.75, 3.05) is 0 Å². The van der Waals surface area contributed by atoms with Crippen LogP contribution in [-0.2, 0) is 0 Å². The highest BCUT2D eigenvalue weighted by atomic mass is 16.5. The number of pyridine rings is 1. The van der Waals surface area contributed by atoms with Crippen LogP contribution in [0.15, 0.2) is 16.8 Å². The van der Waals surface area contributed by atoms with E-state index in [1.54, 1.807) is 0 Å². The molecule has 0 aliphatic heterocycles. The highest BCUT2D eigenvalue weighted by Crippen LogP contribution is 2.28. The van der Waals surface area contributed by atoms with Crippen LogP contribution >= 0.6 is 0 Å². The van der Waals surface area contributed by atoms with Gasteiger partial charge in [-0.15, -0.1) is 0 Å². The average Bonchev–Trinajstić information content (AvgIpc) is 2.59. The molecule has 15 heavy (non-hydrogen) atoms. The number of aromatic nitrogens is 2. The summed E-state index contributed by atoms with van der Waals surface area (Å²) in [5.41, 5.74) is 2.86. The summed E-state index contributed by atoms with van der Waals surface area (Å²) in [5.74, 6) is 0.746. The van der Waals surface area contributed by atoms with Gasteiger partial charge in [0.2, 0.25) is 0 Å². The smallest absolute Gasteiger partial charge is 0.188 e. The van der Waals surface area contributed by atoms with E-state index in [4.69, 9.17) is 4.52 Å². The van der Waals surface area contributed by atoms with Gasteiger partial charge in [-0.25, -0.2) is 0 Å². The topological polar surface area (TPSA) is 38.9 Å².